The number of hydrogen-bond donors (Lipinski definition) is 1. The first-order valence-electron chi connectivity index (χ1n) is 6.87. The summed E-state index contributed by atoms with van der Waals surface area (Å²) in [5.74, 6) is 0. The predicted octanol–water partition coefficient (Wildman–Crippen LogP) is 3.97. The summed E-state index contributed by atoms with van der Waals surface area (Å²) in [4.78, 5) is 2.45. The second-order valence-corrected chi connectivity index (χ2v) is 5.80. The third-order valence-corrected chi connectivity index (χ3v) is 3.59. The number of halogens is 1. The summed E-state index contributed by atoms with van der Waals surface area (Å²) in [5.41, 5.74) is 8.63. The van der Waals surface area contributed by atoms with Crippen molar-refractivity contribution < 1.29 is 0 Å². The summed E-state index contributed by atoms with van der Waals surface area (Å²) in [7, 11) is 0. The van der Waals surface area contributed by atoms with E-state index in [1.165, 1.54) is 24.1 Å². The zero-order valence-corrected chi connectivity index (χ0v) is 13.3. The van der Waals surface area contributed by atoms with E-state index in [0.29, 0.717) is 0 Å². The maximum atomic E-state index is 5.94. The topological polar surface area (TPSA) is 29.3 Å². The van der Waals surface area contributed by atoms with E-state index < -0.39 is 0 Å². The Morgan fingerprint density at radius 1 is 1.33 bits per heavy atom. The van der Waals surface area contributed by atoms with Crippen LogP contribution in [0.3, 0.4) is 0 Å². The van der Waals surface area contributed by atoms with E-state index in [9.17, 15) is 0 Å². The van der Waals surface area contributed by atoms with Crippen molar-refractivity contribution in [3.05, 3.63) is 28.2 Å². The van der Waals surface area contributed by atoms with E-state index in [1.807, 2.05) is 0 Å². The van der Waals surface area contributed by atoms with Crippen molar-refractivity contribution in [1.82, 2.24) is 0 Å². The summed E-state index contributed by atoms with van der Waals surface area (Å²) in [6.45, 7) is 8.68. The molecule has 0 amide bonds. The monoisotopic (exact) mass is 312 g/mol. The van der Waals surface area contributed by atoms with Crippen molar-refractivity contribution in [3.63, 3.8) is 0 Å². The van der Waals surface area contributed by atoms with Crippen LogP contribution >= 0.6 is 15.9 Å². The van der Waals surface area contributed by atoms with Gasteiger partial charge in [-0.2, -0.15) is 0 Å². The number of unbranched alkanes of at least 4 members (excludes halogenated alkanes) is 1. The quantitative estimate of drug-likeness (QED) is 0.825. The Bertz CT molecular complexity index is 364. The van der Waals surface area contributed by atoms with Crippen LogP contribution in [-0.4, -0.2) is 19.1 Å². The summed E-state index contributed by atoms with van der Waals surface area (Å²) >= 11 is 3.57. The molecular weight excluding hydrogens is 288 g/mol. The highest BCUT2D eigenvalue weighted by molar-refractivity contribution is 9.10. The van der Waals surface area contributed by atoms with Gasteiger partial charge in [-0.3, -0.25) is 0 Å². The minimum atomic E-state index is 0.204. The fourth-order valence-electron chi connectivity index (χ4n) is 2.15. The first-order valence-corrected chi connectivity index (χ1v) is 7.66. The number of benzene rings is 1. The Morgan fingerprint density at radius 3 is 2.61 bits per heavy atom. The summed E-state index contributed by atoms with van der Waals surface area (Å²) in [6.07, 6.45) is 3.40. The van der Waals surface area contributed by atoms with Crippen molar-refractivity contribution in [2.45, 2.75) is 46.1 Å². The molecule has 0 aromatic heterocycles. The lowest BCUT2D eigenvalue weighted by atomic mass is 10.0. The molecule has 1 aromatic carbocycles. The largest absolute Gasteiger partial charge is 0.372 e. The van der Waals surface area contributed by atoms with Gasteiger partial charge in [-0.15, -0.1) is 0 Å². The lowest BCUT2D eigenvalue weighted by Crippen LogP contribution is -2.26. The maximum absolute atomic E-state index is 5.94. The molecule has 0 aliphatic rings. The third-order valence-electron chi connectivity index (χ3n) is 3.09. The van der Waals surface area contributed by atoms with Gasteiger partial charge >= 0.3 is 0 Å². The standard InChI is InChI=1S/C15H25BrN2/c1-4-6-9-18(5-2)15-11-14(16)8-7-13(15)10-12(3)17/h7-8,11-12H,4-6,9-10,17H2,1-3H3. The second-order valence-electron chi connectivity index (χ2n) is 4.89. The number of nitrogens with zero attached hydrogens (tertiary/aromatic N) is 1. The fourth-order valence-corrected chi connectivity index (χ4v) is 2.50. The summed E-state index contributed by atoms with van der Waals surface area (Å²) < 4.78 is 1.14. The summed E-state index contributed by atoms with van der Waals surface area (Å²) in [6, 6.07) is 6.72. The Hall–Kier alpha value is -0.540. The van der Waals surface area contributed by atoms with E-state index >= 15 is 0 Å². The van der Waals surface area contributed by atoms with Crippen LogP contribution in [0.1, 0.15) is 39.2 Å². The summed E-state index contributed by atoms with van der Waals surface area (Å²) in [5, 5.41) is 0. The van der Waals surface area contributed by atoms with E-state index in [4.69, 9.17) is 5.73 Å². The highest BCUT2D eigenvalue weighted by Crippen LogP contribution is 2.26. The molecule has 0 saturated heterocycles. The minimum absolute atomic E-state index is 0.204. The van der Waals surface area contributed by atoms with Crippen LogP contribution in [0.5, 0.6) is 0 Å². The molecular formula is C15H25BrN2. The predicted molar refractivity (Wildman–Crippen MR) is 84.3 cm³/mol. The molecule has 1 rings (SSSR count). The van der Waals surface area contributed by atoms with Crippen molar-refractivity contribution in [3.8, 4) is 0 Å². The third kappa shape index (κ3) is 4.62. The molecule has 1 atom stereocenters. The van der Waals surface area contributed by atoms with Crippen molar-refractivity contribution in [2.24, 2.45) is 5.73 Å². The van der Waals surface area contributed by atoms with Gasteiger partial charge in [0.2, 0.25) is 0 Å². The van der Waals surface area contributed by atoms with E-state index in [0.717, 1.165) is 24.0 Å². The first-order chi connectivity index (χ1) is 8.58. The van der Waals surface area contributed by atoms with Crippen LogP contribution in [0.15, 0.2) is 22.7 Å². The molecule has 1 aromatic rings. The molecule has 0 aliphatic heterocycles. The van der Waals surface area contributed by atoms with Gasteiger partial charge in [-0.05, 0) is 44.4 Å². The zero-order chi connectivity index (χ0) is 13.5. The van der Waals surface area contributed by atoms with Gasteiger partial charge in [-0.1, -0.05) is 35.3 Å². The Morgan fingerprint density at radius 2 is 2.06 bits per heavy atom. The molecule has 2 N–H and O–H groups in total. The van der Waals surface area contributed by atoms with Crippen molar-refractivity contribution >= 4 is 21.6 Å². The van der Waals surface area contributed by atoms with Crippen molar-refractivity contribution in [2.75, 3.05) is 18.0 Å². The average molecular weight is 313 g/mol. The lowest BCUT2D eigenvalue weighted by Gasteiger charge is -2.26. The van der Waals surface area contributed by atoms with Crippen LogP contribution in [-0.2, 0) is 6.42 Å². The fraction of sp³-hybridized carbons (Fsp3) is 0.600. The van der Waals surface area contributed by atoms with Crippen LogP contribution in [0.2, 0.25) is 0 Å². The van der Waals surface area contributed by atoms with Gasteiger partial charge in [0.25, 0.3) is 0 Å². The van der Waals surface area contributed by atoms with Gasteiger partial charge < -0.3 is 10.6 Å². The van der Waals surface area contributed by atoms with Crippen LogP contribution in [0.4, 0.5) is 5.69 Å². The minimum Gasteiger partial charge on any atom is -0.372 e. The van der Waals surface area contributed by atoms with Gasteiger partial charge in [0, 0.05) is 29.3 Å². The molecule has 0 aliphatic carbocycles. The molecule has 18 heavy (non-hydrogen) atoms. The molecule has 1 unspecified atom stereocenters. The number of rotatable bonds is 7. The van der Waals surface area contributed by atoms with Crippen LogP contribution < -0.4 is 10.6 Å². The molecule has 0 fully saturated rings. The zero-order valence-electron chi connectivity index (χ0n) is 11.7. The van der Waals surface area contributed by atoms with E-state index in [-0.39, 0.29) is 6.04 Å². The normalized spacial score (nSPS) is 12.5. The van der Waals surface area contributed by atoms with Crippen LogP contribution in [0.25, 0.3) is 0 Å². The second kappa shape index (κ2) is 7.80. The molecule has 3 heteroatoms. The highest BCUT2D eigenvalue weighted by atomic mass is 79.9. The number of hydrogen-bond acceptors (Lipinski definition) is 2. The number of anilines is 1. The van der Waals surface area contributed by atoms with Crippen LogP contribution in [0, 0.1) is 0 Å². The molecule has 0 bridgehead atoms. The van der Waals surface area contributed by atoms with E-state index in [1.54, 1.807) is 0 Å². The SMILES string of the molecule is CCCCN(CC)c1cc(Br)ccc1CC(C)N. The van der Waals surface area contributed by atoms with Gasteiger partial charge in [-0.25, -0.2) is 0 Å². The molecule has 0 heterocycles. The van der Waals surface area contributed by atoms with E-state index in [2.05, 4.69) is 59.8 Å². The Kier molecular flexibility index (Phi) is 6.72. The first kappa shape index (κ1) is 15.5. The Labute approximate surface area is 120 Å². The molecule has 0 saturated carbocycles. The number of nitrogens with two attached hydrogens (primary N) is 1. The Balaban J connectivity index is 2.97. The average Bonchev–Trinajstić information content (AvgIpc) is 2.33. The molecule has 2 nitrogen and oxygen atoms in total. The molecule has 0 radical (unpaired) electrons. The smallest absolute Gasteiger partial charge is 0.0410 e. The van der Waals surface area contributed by atoms with Gasteiger partial charge in [0.05, 0.1) is 0 Å². The highest BCUT2D eigenvalue weighted by Gasteiger charge is 2.11. The molecule has 0 spiro atoms. The van der Waals surface area contributed by atoms with Gasteiger partial charge in [0.1, 0.15) is 0 Å². The molecule has 102 valence electrons. The lowest BCUT2D eigenvalue weighted by molar-refractivity contribution is 0.710. The maximum Gasteiger partial charge on any atom is 0.0410 e. The van der Waals surface area contributed by atoms with Gasteiger partial charge in [0.15, 0.2) is 0 Å². The van der Waals surface area contributed by atoms with Crippen molar-refractivity contribution in [1.29, 1.82) is 0 Å².